The number of nitrogens with one attached hydrogen (secondary N) is 3. The van der Waals surface area contributed by atoms with Gasteiger partial charge in [0.1, 0.15) is 23.3 Å². The van der Waals surface area contributed by atoms with E-state index < -0.39 is 6.09 Å². The maximum Gasteiger partial charge on any atom is 0.404 e. The molecule has 3 heterocycles. The van der Waals surface area contributed by atoms with Gasteiger partial charge in [-0.15, -0.1) is 0 Å². The first-order valence-corrected chi connectivity index (χ1v) is 10.1. The van der Waals surface area contributed by atoms with Crippen molar-refractivity contribution in [3.8, 4) is 0 Å². The third kappa shape index (κ3) is 5.36. The van der Waals surface area contributed by atoms with Crippen LogP contribution in [0.15, 0.2) is 48.9 Å². The minimum absolute atomic E-state index is 0.171. The van der Waals surface area contributed by atoms with Crippen LogP contribution in [0.1, 0.15) is 24.9 Å². The maximum absolute atomic E-state index is 13.3. The molecule has 11 heteroatoms. The van der Waals surface area contributed by atoms with Crippen LogP contribution in [0, 0.1) is 5.82 Å². The van der Waals surface area contributed by atoms with Gasteiger partial charge in [-0.05, 0) is 31.0 Å². The topological polar surface area (TPSA) is 128 Å². The average Bonchev–Trinajstić information content (AvgIpc) is 3.22. The number of aromatic nitrogens is 4. The summed E-state index contributed by atoms with van der Waals surface area (Å²) in [6.07, 6.45) is 4.37. The van der Waals surface area contributed by atoms with E-state index in [4.69, 9.17) is 5.11 Å². The second-order valence-corrected chi connectivity index (χ2v) is 7.45. The van der Waals surface area contributed by atoms with E-state index in [0.717, 1.165) is 5.56 Å². The molecule has 0 spiro atoms. The van der Waals surface area contributed by atoms with Crippen LogP contribution < -0.4 is 20.9 Å². The fraction of sp³-hybridized carbons (Fsp3) is 0.286. The van der Waals surface area contributed by atoms with Gasteiger partial charge in [0.05, 0.1) is 18.3 Å². The fourth-order valence-electron chi connectivity index (χ4n) is 3.51. The van der Waals surface area contributed by atoms with Crippen LogP contribution in [0.25, 0.3) is 0 Å². The molecule has 3 aromatic rings. The Labute approximate surface area is 184 Å². The lowest BCUT2D eigenvalue weighted by Gasteiger charge is -2.21. The van der Waals surface area contributed by atoms with E-state index in [1.165, 1.54) is 12.1 Å². The van der Waals surface area contributed by atoms with Gasteiger partial charge in [-0.1, -0.05) is 12.1 Å². The van der Waals surface area contributed by atoms with Crippen molar-refractivity contribution < 1.29 is 14.3 Å². The normalized spacial score (nSPS) is 16.4. The van der Waals surface area contributed by atoms with Crippen molar-refractivity contribution in [2.75, 3.05) is 28.6 Å². The number of halogens is 1. The summed E-state index contributed by atoms with van der Waals surface area (Å²) in [6.45, 7) is 3.09. The summed E-state index contributed by atoms with van der Waals surface area (Å²) < 4.78 is 13.3. The van der Waals surface area contributed by atoms with E-state index in [1.807, 2.05) is 11.8 Å². The number of hydrogen-bond acceptors (Lipinski definition) is 8. The quantitative estimate of drug-likeness (QED) is 0.440. The molecular formula is C21H23FN8O2. The molecule has 2 atom stereocenters. The molecule has 1 fully saturated rings. The standard InChI is InChI=1S/C21H23FN8O2/c1-13(14-2-4-15(22)5-3-14)25-20-28-17(27-18-11-23-7-8-24-18)10-19(29-20)30-9-6-16(12-30)26-21(31)32/h2-5,7-8,10-11,13,16,26H,6,9,12H2,1H3,(H,31,32)(H2,24,25,27,28,29)/t13-,16?/m0/s1. The van der Waals surface area contributed by atoms with Gasteiger partial charge >= 0.3 is 6.09 Å². The first-order chi connectivity index (χ1) is 15.5. The van der Waals surface area contributed by atoms with Crippen molar-refractivity contribution in [2.45, 2.75) is 25.4 Å². The zero-order chi connectivity index (χ0) is 22.5. The van der Waals surface area contributed by atoms with Crippen molar-refractivity contribution in [3.63, 3.8) is 0 Å². The third-order valence-electron chi connectivity index (χ3n) is 5.09. The molecule has 4 rings (SSSR count). The van der Waals surface area contributed by atoms with Gasteiger partial charge in [0, 0.05) is 31.5 Å². The van der Waals surface area contributed by atoms with Gasteiger partial charge in [0.2, 0.25) is 5.95 Å². The molecule has 1 aromatic carbocycles. The minimum atomic E-state index is -1.04. The van der Waals surface area contributed by atoms with Gasteiger partial charge < -0.3 is 26.0 Å². The smallest absolute Gasteiger partial charge is 0.404 e. The monoisotopic (exact) mass is 438 g/mol. The Hall–Kier alpha value is -4.02. The van der Waals surface area contributed by atoms with Crippen molar-refractivity contribution in [2.24, 2.45) is 0 Å². The third-order valence-corrected chi connectivity index (χ3v) is 5.09. The molecule has 1 saturated heterocycles. The predicted molar refractivity (Wildman–Crippen MR) is 118 cm³/mol. The van der Waals surface area contributed by atoms with Crippen LogP contribution in [0.3, 0.4) is 0 Å². The molecule has 0 saturated carbocycles. The van der Waals surface area contributed by atoms with Crippen LogP contribution in [0.4, 0.5) is 32.6 Å². The molecule has 1 amide bonds. The van der Waals surface area contributed by atoms with Crippen molar-refractivity contribution in [1.82, 2.24) is 25.3 Å². The molecular weight excluding hydrogens is 415 g/mol. The highest BCUT2D eigenvalue weighted by Gasteiger charge is 2.25. The van der Waals surface area contributed by atoms with Gasteiger partial charge in [-0.3, -0.25) is 4.98 Å². The van der Waals surface area contributed by atoms with Crippen LogP contribution in [0.5, 0.6) is 0 Å². The van der Waals surface area contributed by atoms with E-state index in [9.17, 15) is 9.18 Å². The Morgan fingerprint density at radius 3 is 2.75 bits per heavy atom. The van der Waals surface area contributed by atoms with Gasteiger partial charge in [0.25, 0.3) is 0 Å². The SMILES string of the molecule is C[C@H](Nc1nc(Nc2cnccn2)cc(N2CCC(NC(=O)O)C2)n1)c1ccc(F)cc1. The highest BCUT2D eigenvalue weighted by atomic mass is 19.1. The van der Waals surface area contributed by atoms with Crippen LogP contribution in [-0.4, -0.2) is 50.3 Å². The summed E-state index contributed by atoms with van der Waals surface area (Å²) in [4.78, 5) is 30.4. The molecule has 1 aliphatic heterocycles. The van der Waals surface area contributed by atoms with E-state index in [-0.39, 0.29) is 17.9 Å². The summed E-state index contributed by atoms with van der Waals surface area (Å²) in [5.74, 6) is 1.77. The lowest BCUT2D eigenvalue weighted by molar-refractivity contribution is 0.191. The summed E-state index contributed by atoms with van der Waals surface area (Å²) in [7, 11) is 0. The minimum Gasteiger partial charge on any atom is -0.465 e. The van der Waals surface area contributed by atoms with Gasteiger partial charge in [0.15, 0.2) is 0 Å². The number of anilines is 4. The van der Waals surface area contributed by atoms with Crippen molar-refractivity contribution >= 4 is 29.5 Å². The van der Waals surface area contributed by atoms with Gasteiger partial charge in [-0.2, -0.15) is 9.97 Å². The van der Waals surface area contributed by atoms with Crippen molar-refractivity contribution in [3.05, 3.63) is 60.3 Å². The van der Waals surface area contributed by atoms with E-state index >= 15 is 0 Å². The first kappa shape index (κ1) is 21.2. The molecule has 0 aliphatic carbocycles. The second kappa shape index (κ2) is 9.41. The lowest BCUT2D eigenvalue weighted by atomic mass is 10.1. The lowest BCUT2D eigenvalue weighted by Crippen LogP contribution is -2.36. The Morgan fingerprint density at radius 1 is 1.22 bits per heavy atom. The van der Waals surface area contributed by atoms with E-state index in [1.54, 1.807) is 36.8 Å². The summed E-state index contributed by atoms with van der Waals surface area (Å²) in [5.41, 5.74) is 0.885. The molecule has 0 bridgehead atoms. The van der Waals surface area contributed by atoms with Crippen molar-refractivity contribution in [1.29, 1.82) is 0 Å². The highest BCUT2D eigenvalue weighted by Crippen LogP contribution is 2.26. The van der Waals surface area contributed by atoms with Crippen LogP contribution in [-0.2, 0) is 0 Å². The molecule has 166 valence electrons. The molecule has 1 aliphatic rings. The maximum atomic E-state index is 13.3. The van der Waals surface area contributed by atoms with E-state index in [0.29, 0.717) is 42.9 Å². The number of rotatable bonds is 7. The largest absolute Gasteiger partial charge is 0.465 e. The Balaban J connectivity index is 1.58. The molecule has 10 nitrogen and oxygen atoms in total. The Bertz CT molecular complexity index is 1070. The number of nitrogens with zero attached hydrogens (tertiary/aromatic N) is 5. The molecule has 0 radical (unpaired) electrons. The summed E-state index contributed by atoms with van der Waals surface area (Å²) in [5, 5.41) is 17.9. The average molecular weight is 438 g/mol. The summed E-state index contributed by atoms with van der Waals surface area (Å²) >= 11 is 0. The predicted octanol–water partition coefficient (Wildman–Crippen LogP) is 3.17. The number of amides is 1. The number of benzene rings is 1. The molecule has 1 unspecified atom stereocenters. The fourth-order valence-corrected chi connectivity index (χ4v) is 3.51. The van der Waals surface area contributed by atoms with Crippen LogP contribution in [0.2, 0.25) is 0 Å². The molecule has 2 aromatic heterocycles. The number of carbonyl (C=O) groups is 1. The second-order valence-electron chi connectivity index (χ2n) is 7.45. The molecule has 4 N–H and O–H groups in total. The molecule has 32 heavy (non-hydrogen) atoms. The van der Waals surface area contributed by atoms with Gasteiger partial charge in [-0.25, -0.2) is 14.2 Å². The number of carboxylic acid groups (broad SMARTS) is 1. The zero-order valence-corrected chi connectivity index (χ0v) is 17.4. The van der Waals surface area contributed by atoms with Crippen LogP contribution >= 0.6 is 0 Å². The summed E-state index contributed by atoms with van der Waals surface area (Å²) in [6, 6.07) is 7.67. The number of hydrogen-bond donors (Lipinski definition) is 4. The highest BCUT2D eigenvalue weighted by molar-refractivity contribution is 5.65. The zero-order valence-electron chi connectivity index (χ0n) is 17.4. The first-order valence-electron chi connectivity index (χ1n) is 10.1. The van der Waals surface area contributed by atoms with E-state index in [2.05, 4.69) is 35.9 Å². The Kier molecular flexibility index (Phi) is 6.24. The Morgan fingerprint density at radius 2 is 2.03 bits per heavy atom.